The molecule has 13 nitrogen and oxygen atoms in total. The quantitative estimate of drug-likeness (QED) is 0.316. The third-order valence-corrected chi connectivity index (χ3v) is 5.85. The summed E-state index contributed by atoms with van der Waals surface area (Å²) in [5, 5.41) is 3.05. The van der Waals surface area contributed by atoms with Gasteiger partial charge in [0.25, 0.3) is 6.43 Å². The van der Waals surface area contributed by atoms with Gasteiger partial charge in [-0.2, -0.15) is 15.0 Å². The van der Waals surface area contributed by atoms with Crippen LogP contribution in [0.5, 0.6) is 11.8 Å². The second kappa shape index (κ2) is 11.7. The van der Waals surface area contributed by atoms with E-state index in [1.54, 1.807) is 18.2 Å². The Labute approximate surface area is 222 Å². The Balaban J connectivity index is 1.53. The average molecular weight is 543 g/mol. The summed E-state index contributed by atoms with van der Waals surface area (Å²) >= 11 is 0. The van der Waals surface area contributed by atoms with Crippen LogP contribution in [0.1, 0.15) is 12.2 Å². The molecular weight excluding hydrogens is 514 g/mol. The van der Waals surface area contributed by atoms with Gasteiger partial charge in [0, 0.05) is 19.6 Å². The van der Waals surface area contributed by atoms with Gasteiger partial charge in [-0.3, -0.25) is 4.57 Å². The summed E-state index contributed by atoms with van der Waals surface area (Å²) in [4.78, 5) is 30.0. The van der Waals surface area contributed by atoms with Crippen LogP contribution in [0.25, 0.3) is 17.0 Å². The van der Waals surface area contributed by atoms with Gasteiger partial charge >= 0.3 is 6.01 Å². The van der Waals surface area contributed by atoms with E-state index in [4.69, 9.17) is 14.2 Å². The minimum Gasteiger partial charge on any atom is -0.494 e. The van der Waals surface area contributed by atoms with Crippen LogP contribution in [-0.4, -0.2) is 100 Å². The van der Waals surface area contributed by atoms with E-state index < -0.39 is 12.2 Å². The Morgan fingerprint density at radius 3 is 2.49 bits per heavy atom. The molecule has 15 heteroatoms. The van der Waals surface area contributed by atoms with Crippen LogP contribution in [0.15, 0.2) is 30.6 Å². The molecule has 0 bridgehead atoms. The molecule has 1 aliphatic rings. The van der Waals surface area contributed by atoms with E-state index in [0.29, 0.717) is 55.8 Å². The molecule has 4 heterocycles. The van der Waals surface area contributed by atoms with Crippen LogP contribution in [0.3, 0.4) is 0 Å². The Hall–Kier alpha value is -4.24. The molecule has 1 aromatic carbocycles. The second-order valence-electron chi connectivity index (χ2n) is 8.82. The van der Waals surface area contributed by atoms with Gasteiger partial charge in [0.15, 0.2) is 5.82 Å². The number of fused-ring (bicyclic) bond motifs is 1. The molecular formula is C24H28F2N10O3. The third-order valence-electron chi connectivity index (χ3n) is 5.85. The fraction of sp³-hybridized carbons (Fsp3) is 0.417. The van der Waals surface area contributed by atoms with E-state index in [-0.39, 0.29) is 23.4 Å². The molecule has 39 heavy (non-hydrogen) atoms. The molecule has 0 aliphatic carbocycles. The van der Waals surface area contributed by atoms with Gasteiger partial charge in [-0.05, 0) is 26.2 Å². The van der Waals surface area contributed by atoms with Gasteiger partial charge in [-0.1, -0.05) is 6.07 Å². The molecule has 1 aliphatic heterocycles. The number of halogens is 2. The number of methoxy groups -OCH3 is 1. The number of likely N-dealkylation sites (N-methyl/N-ethyl adjacent to an activating group) is 1. The minimum absolute atomic E-state index is 0.0235. The topological polar surface area (TPSA) is 128 Å². The standard InChI is InChI=1S/C24H28F2N10O3/c1-34(2)7-12-39-24-27-13-15(14-28-24)29-21-31-22(35-8-10-38-11-9-35)33-23(32-21)36-16-5-4-6-17(37-3)18(16)30-20(36)19(25)26/h4-6,13-14,19H,7-12H2,1-3H3,(H,29,31,32,33). The number of benzene rings is 1. The summed E-state index contributed by atoms with van der Waals surface area (Å²) in [7, 11) is 5.34. The van der Waals surface area contributed by atoms with Crippen molar-refractivity contribution in [2.45, 2.75) is 6.43 Å². The van der Waals surface area contributed by atoms with Crippen LogP contribution in [-0.2, 0) is 4.74 Å². The highest BCUT2D eigenvalue weighted by Gasteiger charge is 2.26. The summed E-state index contributed by atoms with van der Waals surface area (Å²) in [6.45, 7) is 3.20. The lowest BCUT2D eigenvalue weighted by atomic mass is 10.3. The van der Waals surface area contributed by atoms with Crippen molar-refractivity contribution >= 4 is 28.6 Å². The van der Waals surface area contributed by atoms with Crippen LogP contribution in [0.2, 0.25) is 0 Å². The van der Waals surface area contributed by atoms with E-state index in [0.717, 1.165) is 6.54 Å². The SMILES string of the molecule is COc1cccc2c1nc(C(F)F)n2-c1nc(Nc2cnc(OCCN(C)C)nc2)nc(N2CCOCC2)n1. The number of rotatable bonds is 10. The highest BCUT2D eigenvalue weighted by molar-refractivity contribution is 5.84. The lowest BCUT2D eigenvalue weighted by Gasteiger charge is -2.27. The van der Waals surface area contributed by atoms with Crippen molar-refractivity contribution in [3.8, 4) is 17.7 Å². The number of morpholine rings is 1. The normalized spacial score (nSPS) is 13.9. The monoisotopic (exact) mass is 542 g/mol. The number of para-hydroxylation sites is 1. The van der Waals surface area contributed by atoms with Crippen LogP contribution < -0.4 is 19.7 Å². The van der Waals surface area contributed by atoms with Gasteiger partial charge in [0.1, 0.15) is 17.9 Å². The molecule has 0 radical (unpaired) electrons. The predicted octanol–water partition coefficient (Wildman–Crippen LogP) is 2.47. The molecule has 0 amide bonds. The minimum atomic E-state index is -2.89. The number of aromatic nitrogens is 7. The molecule has 0 atom stereocenters. The number of imidazole rings is 1. The molecule has 1 fully saturated rings. The first-order chi connectivity index (χ1) is 18.9. The van der Waals surface area contributed by atoms with Gasteiger partial charge in [-0.25, -0.2) is 23.7 Å². The van der Waals surface area contributed by atoms with Gasteiger partial charge < -0.3 is 29.3 Å². The maximum absolute atomic E-state index is 14.2. The largest absolute Gasteiger partial charge is 0.494 e. The number of nitrogens with one attached hydrogen (secondary N) is 1. The zero-order valence-electron chi connectivity index (χ0n) is 21.7. The first kappa shape index (κ1) is 26.4. The molecule has 4 aromatic rings. The number of alkyl halides is 2. The molecule has 0 unspecified atom stereocenters. The van der Waals surface area contributed by atoms with E-state index in [9.17, 15) is 8.78 Å². The summed E-state index contributed by atoms with van der Waals surface area (Å²) in [6.07, 6.45) is 0.158. The van der Waals surface area contributed by atoms with Crippen molar-refractivity contribution in [1.82, 2.24) is 39.4 Å². The van der Waals surface area contributed by atoms with Crippen molar-refractivity contribution in [2.75, 3.05) is 70.9 Å². The lowest BCUT2D eigenvalue weighted by Crippen LogP contribution is -2.37. The van der Waals surface area contributed by atoms with Crippen LogP contribution in [0, 0.1) is 0 Å². The van der Waals surface area contributed by atoms with Gasteiger partial charge in [-0.15, -0.1) is 0 Å². The van der Waals surface area contributed by atoms with Crippen molar-refractivity contribution < 1.29 is 23.0 Å². The molecule has 3 aromatic heterocycles. The fourth-order valence-corrected chi connectivity index (χ4v) is 3.93. The molecule has 1 saturated heterocycles. The third kappa shape index (κ3) is 5.93. The van der Waals surface area contributed by atoms with Gasteiger partial charge in [0.05, 0.1) is 43.9 Å². The molecule has 0 spiro atoms. The van der Waals surface area contributed by atoms with E-state index in [2.05, 4.69) is 35.2 Å². The number of anilines is 3. The summed E-state index contributed by atoms with van der Waals surface area (Å²) < 4.78 is 45.9. The Morgan fingerprint density at radius 1 is 1.05 bits per heavy atom. The van der Waals surface area contributed by atoms with E-state index in [1.165, 1.54) is 24.1 Å². The Bertz CT molecular complexity index is 1410. The van der Waals surface area contributed by atoms with Crippen molar-refractivity contribution in [1.29, 1.82) is 0 Å². The van der Waals surface area contributed by atoms with Crippen molar-refractivity contribution in [3.05, 3.63) is 36.4 Å². The molecule has 5 rings (SSSR count). The predicted molar refractivity (Wildman–Crippen MR) is 138 cm³/mol. The summed E-state index contributed by atoms with van der Waals surface area (Å²) in [5.74, 6) is 0.252. The smallest absolute Gasteiger partial charge is 0.316 e. The zero-order chi connectivity index (χ0) is 27.4. The maximum atomic E-state index is 14.2. The fourth-order valence-electron chi connectivity index (χ4n) is 3.93. The second-order valence-corrected chi connectivity index (χ2v) is 8.82. The Kier molecular flexibility index (Phi) is 7.88. The average Bonchev–Trinajstić information content (AvgIpc) is 3.35. The van der Waals surface area contributed by atoms with E-state index in [1.807, 2.05) is 23.9 Å². The van der Waals surface area contributed by atoms with Gasteiger partial charge in [0.2, 0.25) is 17.8 Å². The lowest BCUT2D eigenvalue weighted by molar-refractivity contribution is 0.122. The molecule has 206 valence electrons. The summed E-state index contributed by atoms with van der Waals surface area (Å²) in [5.41, 5.74) is 1.12. The molecule has 1 N–H and O–H groups in total. The van der Waals surface area contributed by atoms with Crippen molar-refractivity contribution in [2.24, 2.45) is 0 Å². The zero-order valence-corrected chi connectivity index (χ0v) is 21.7. The first-order valence-electron chi connectivity index (χ1n) is 12.2. The Morgan fingerprint density at radius 2 is 1.79 bits per heavy atom. The number of nitrogens with zero attached hydrogens (tertiary/aromatic N) is 9. The van der Waals surface area contributed by atoms with E-state index >= 15 is 0 Å². The van der Waals surface area contributed by atoms with Crippen LogP contribution in [0.4, 0.5) is 26.4 Å². The first-order valence-corrected chi connectivity index (χ1v) is 12.2. The number of hydrogen-bond acceptors (Lipinski definition) is 12. The summed E-state index contributed by atoms with van der Waals surface area (Å²) in [6, 6.07) is 5.23. The highest BCUT2D eigenvalue weighted by Crippen LogP contribution is 2.32. The number of ether oxygens (including phenoxy) is 3. The molecule has 0 saturated carbocycles. The highest BCUT2D eigenvalue weighted by atomic mass is 19.3. The number of hydrogen-bond donors (Lipinski definition) is 1. The van der Waals surface area contributed by atoms with Crippen molar-refractivity contribution in [3.63, 3.8) is 0 Å². The van der Waals surface area contributed by atoms with Crippen LogP contribution >= 0.6 is 0 Å². The maximum Gasteiger partial charge on any atom is 0.316 e.